The van der Waals surface area contributed by atoms with E-state index in [0.29, 0.717) is 6.04 Å². The van der Waals surface area contributed by atoms with Crippen LogP contribution >= 0.6 is 11.6 Å². The number of likely N-dealkylation sites (N-methyl/N-ethyl adjacent to an activating group) is 1. The molecule has 0 fully saturated rings. The Bertz CT molecular complexity index is 266. The molecule has 0 saturated heterocycles. The van der Waals surface area contributed by atoms with E-state index < -0.39 is 0 Å². The summed E-state index contributed by atoms with van der Waals surface area (Å²) in [6.45, 7) is 0. The minimum Gasteiger partial charge on any atom is -0.301 e. The Balaban J connectivity index is 2.22. The van der Waals surface area contributed by atoms with Crippen LogP contribution in [0.15, 0.2) is 16.3 Å². The highest BCUT2D eigenvalue weighted by Gasteiger charge is 2.30. The van der Waals surface area contributed by atoms with E-state index in [9.17, 15) is 0 Å². The van der Waals surface area contributed by atoms with Crippen molar-refractivity contribution in [2.75, 3.05) is 14.1 Å². The molecule has 0 saturated carbocycles. The molecule has 2 nitrogen and oxygen atoms in total. The maximum Gasteiger partial charge on any atom is 0.110 e. The number of aliphatic imine (C=N–C) groups is 1. The smallest absolute Gasteiger partial charge is 0.110 e. The van der Waals surface area contributed by atoms with Crippen LogP contribution in [0.4, 0.5) is 0 Å². The van der Waals surface area contributed by atoms with Gasteiger partial charge in [0, 0.05) is 6.42 Å². The molecular formula is C9H13ClN2. The summed E-state index contributed by atoms with van der Waals surface area (Å²) >= 11 is 5.87. The molecule has 3 heteroatoms. The van der Waals surface area contributed by atoms with Crippen molar-refractivity contribution >= 4 is 16.8 Å². The van der Waals surface area contributed by atoms with E-state index >= 15 is 0 Å². The first-order chi connectivity index (χ1) is 5.68. The molecule has 1 aliphatic heterocycles. The summed E-state index contributed by atoms with van der Waals surface area (Å²) in [6, 6.07) is 0.510. The van der Waals surface area contributed by atoms with Gasteiger partial charge in [-0.15, -0.1) is 0 Å². The van der Waals surface area contributed by atoms with Gasteiger partial charge in [0.25, 0.3) is 0 Å². The van der Waals surface area contributed by atoms with Gasteiger partial charge in [0.05, 0.1) is 11.7 Å². The van der Waals surface area contributed by atoms with Crippen LogP contribution < -0.4 is 0 Å². The van der Waals surface area contributed by atoms with Crippen molar-refractivity contribution in [3.05, 3.63) is 11.3 Å². The monoisotopic (exact) mass is 184 g/mol. The Labute approximate surface area is 77.9 Å². The van der Waals surface area contributed by atoms with Crippen molar-refractivity contribution in [2.24, 2.45) is 4.99 Å². The Hall–Kier alpha value is -0.340. The van der Waals surface area contributed by atoms with Gasteiger partial charge in [0.15, 0.2) is 0 Å². The second kappa shape index (κ2) is 2.86. The van der Waals surface area contributed by atoms with Gasteiger partial charge in [-0.25, -0.2) is 4.99 Å². The third kappa shape index (κ3) is 1.19. The Kier molecular flexibility index (Phi) is 1.97. The summed E-state index contributed by atoms with van der Waals surface area (Å²) in [4.78, 5) is 6.60. The van der Waals surface area contributed by atoms with E-state index in [-0.39, 0.29) is 0 Å². The first-order valence-corrected chi connectivity index (χ1v) is 4.67. The van der Waals surface area contributed by atoms with Gasteiger partial charge in [0.1, 0.15) is 5.17 Å². The van der Waals surface area contributed by atoms with Crippen molar-refractivity contribution in [2.45, 2.75) is 25.3 Å². The van der Waals surface area contributed by atoms with Crippen LogP contribution in [0.2, 0.25) is 0 Å². The van der Waals surface area contributed by atoms with Crippen LogP contribution in [0.3, 0.4) is 0 Å². The molecule has 1 aliphatic carbocycles. The van der Waals surface area contributed by atoms with Gasteiger partial charge in [-0.2, -0.15) is 0 Å². The molecule has 1 unspecified atom stereocenters. The number of rotatable bonds is 1. The van der Waals surface area contributed by atoms with Crippen LogP contribution in [0.5, 0.6) is 0 Å². The highest BCUT2D eigenvalue weighted by molar-refractivity contribution is 6.66. The molecule has 0 aromatic heterocycles. The summed E-state index contributed by atoms with van der Waals surface area (Å²) < 4.78 is 0. The lowest BCUT2D eigenvalue weighted by Crippen LogP contribution is -2.26. The first-order valence-electron chi connectivity index (χ1n) is 4.30. The summed E-state index contributed by atoms with van der Waals surface area (Å²) in [6.07, 6.45) is 3.30. The van der Waals surface area contributed by atoms with Gasteiger partial charge in [-0.05, 0) is 32.5 Å². The molecule has 1 heterocycles. The predicted molar refractivity (Wildman–Crippen MR) is 51.6 cm³/mol. The second-order valence-electron chi connectivity index (χ2n) is 3.67. The van der Waals surface area contributed by atoms with Gasteiger partial charge >= 0.3 is 0 Å². The van der Waals surface area contributed by atoms with Crippen LogP contribution in [0, 0.1) is 0 Å². The minimum absolute atomic E-state index is 0.510. The molecule has 0 N–H and O–H groups in total. The van der Waals surface area contributed by atoms with E-state index in [1.165, 1.54) is 24.1 Å². The fourth-order valence-corrected chi connectivity index (χ4v) is 2.25. The summed E-state index contributed by atoms with van der Waals surface area (Å²) in [5.74, 6) is 0. The molecule has 66 valence electrons. The van der Waals surface area contributed by atoms with Gasteiger partial charge in [-0.1, -0.05) is 11.6 Å². The van der Waals surface area contributed by atoms with Crippen LogP contribution in [0.25, 0.3) is 0 Å². The topological polar surface area (TPSA) is 15.6 Å². The van der Waals surface area contributed by atoms with Gasteiger partial charge in [-0.3, -0.25) is 0 Å². The number of hydrogen-bond acceptors (Lipinski definition) is 2. The molecule has 0 aromatic carbocycles. The molecule has 0 radical (unpaired) electrons. The molecule has 0 spiro atoms. The zero-order chi connectivity index (χ0) is 8.72. The van der Waals surface area contributed by atoms with E-state index in [0.717, 1.165) is 11.6 Å². The Morgan fingerprint density at radius 1 is 1.50 bits per heavy atom. The summed E-state index contributed by atoms with van der Waals surface area (Å²) in [5.41, 5.74) is 2.70. The quantitative estimate of drug-likeness (QED) is 0.609. The molecule has 0 bridgehead atoms. The van der Waals surface area contributed by atoms with E-state index in [2.05, 4.69) is 24.0 Å². The summed E-state index contributed by atoms with van der Waals surface area (Å²) in [5, 5.41) is 0.770. The van der Waals surface area contributed by atoms with Gasteiger partial charge in [0.2, 0.25) is 0 Å². The maximum atomic E-state index is 5.87. The standard InChI is InChI=1S/C9H13ClN2/c1-12(2)7-4-3-6-5-8(10)11-9(6)7/h7H,3-5H2,1-2H3. The maximum absolute atomic E-state index is 5.87. The molecule has 0 amide bonds. The highest BCUT2D eigenvalue weighted by Crippen LogP contribution is 2.37. The van der Waals surface area contributed by atoms with Crippen molar-refractivity contribution in [3.8, 4) is 0 Å². The first kappa shape index (κ1) is 8.27. The SMILES string of the molecule is CN(C)C1CCC2=C1N=C(Cl)C2. The largest absolute Gasteiger partial charge is 0.301 e. The lowest BCUT2D eigenvalue weighted by molar-refractivity contribution is 0.327. The minimum atomic E-state index is 0.510. The van der Waals surface area contributed by atoms with Crippen molar-refractivity contribution in [1.82, 2.24) is 4.90 Å². The average molecular weight is 185 g/mol. The third-order valence-corrected chi connectivity index (χ3v) is 2.84. The van der Waals surface area contributed by atoms with Crippen molar-refractivity contribution < 1.29 is 0 Å². The molecule has 1 atom stereocenters. The molecule has 2 rings (SSSR count). The van der Waals surface area contributed by atoms with Crippen LogP contribution in [0.1, 0.15) is 19.3 Å². The van der Waals surface area contributed by atoms with Gasteiger partial charge < -0.3 is 4.90 Å². The second-order valence-corrected chi connectivity index (χ2v) is 4.11. The molecule has 12 heavy (non-hydrogen) atoms. The number of allylic oxidation sites excluding steroid dienone is 1. The van der Waals surface area contributed by atoms with Crippen molar-refractivity contribution in [1.29, 1.82) is 0 Å². The number of nitrogens with zero attached hydrogens (tertiary/aromatic N) is 2. The Morgan fingerprint density at radius 3 is 2.92 bits per heavy atom. The third-order valence-electron chi connectivity index (χ3n) is 2.62. The zero-order valence-corrected chi connectivity index (χ0v) is 8.23. The average Bonchev–Trinajstić information content (AvgIpc) is 2.43. The fourth-order valence-electron chi connectivity index (χ4n) is 1.99. The molecule has 0 aromatic rings. The lowest BCUT2D eigenvalue weighted by Gasteiger charge is -2.19. The number of hydrogen-bond donors (Lipinski definition) is 0. The zero-order valence-electron chi connectivity index (χ0n) is 7.47. The van der Waals surface area contributed by atoms with Crippen LogP contribution in [-0.2, 0) is 0 Å². The normalized spacial score (nSPS) is 28.3. The highest BCUT2D eigenvalue weighted by atomic mass is 35.5. The van der Waals surface area contributed by atoms with E-state index in [4.69, 9.17) is 11.6 Å². The summed E-state index contributed by atoms with van der Waals surface area (Å²) in [7, 11) is 4.20. The molecular weight excluding hydrogens is 172 g/mol. The number of halogens is 1. The van der Waals surface area contributed by atoms with E-state index in [1.807, 2.05) is 0 Å². The predicted octanol–water partition coefficient (Wildman–Crippen LogP) is 2.01. The fraction of sp³-hybridized carbons (Fsp3) is 0.667. The van der Waals surface area contributed by atoms with E-state index in [1.54, 1.807) is 0 Å². The van der Waals surface area contributed by atoms with Crippen LogP contribution in [-0.4, -0.2) is 30.2 Å². The lowest BCUT2D eigenvalue weighted by atomic mass is 10.2. The Morgan fingerprint density at radius 2 is 2.25 bits per heavy atom. The molecule has 2 aliphatic rings. The van der Waals surface area contributed by atoms with Crippen molar-refractivity contribution in [3.63, 3.8) is 0 Å².